The molecule has 5 unspecified atom stereocenters. The Morgan fingerprint density at radius 1 is 0.816 bits per heavy atom. The minimum atomic E-state index is -6.13. The number of nitrogens with zero attached hydrogens (tertiary/aromatic N) is 1. The predicted octanol–water partition coefficient (Wildman–Crippen LogP) is 2.10. The van der Waals surface area contributed by atoms with Crippen LogP contribution in [0.15, 0.2) is 82.5 Å². The van der Waals surface area contributed by atoms with Crippen LogP contribution in [-0.2, 0) is 56.3 Å². The average Bonchev–Trinajstić information content (AvgIpc) is 3.28. The Morgan fingerprint density at radius 3 is 1.96 bits per heavy atom. The Hall–Kier alpha value is -3.13. The van der Waals surface area contributed by atoms with Gasteiger partial charge in [-0.15, -0.1) is 0 Å². The number of ether oxygens (including phenoxy) is 2. The van der Waals surface area contributed by atoms with E-state index in [0.717, 1.165) is 12.3 Å². The van der Waals surface area contributed by atoms with Crippen molar-refractivity contribution in [3.63, 3.8) is 0 Å². The number of hydrogen-bond donors (Lipinski definition) is 7. The topological polar surface area (TPSA) is 318 Å². The van der Waals surface area contributed by atoms with Crippen LogP contribution in [0.25, 0.3) is 0 Å². The van der Waals surface area contributed by atoms with E-state index in [1.54, 1.807) is 36.4 Å². The van der Waals surface area contributed by atoms with Crippen molar-refractivity contribution < 1.29 is 79.2 Å². The van der Waals surface area contributed by atoms with E-state index in [0.29, 0.717) is 10.1 Å². The summed E-state index contributed by atoms with van der Waals surface area (Å²) in [6.45, 7) is -1.81. The van der Waals surface area contributed by atoms with Crippen molar-refractivity contribution in [1.82, 2.24) is 9.55 Å². The molecule has 0 aliphatic carbocycles. The lowest BCUT2D eigenvalue weighted by atomic mass is 10.1. The van der Waals surface area contributed by atoms with Crippen LogP contribution in [0.1, 0.15) is 11.8 Å². The highest BCUT2D eigenvalue weighted by atomic mass is 31.3. The maximum Gasteiger partial charge on any atom is 0.490 e. The van der Waals surface area contributed by atoms with Crippen molar-refractivity contribution in [2.24, 2.45) is 0 Å². The zero-order chi connectivity index (χ0) is 36.0. The number of aromatic amines is 1. The van der Waals surface area contributed by atoms with E-state index >= 15 is 0 Å². The quantitative estimate of drug-likeness (QED) is 0.109. The number of phosphoric ester groups is 2. The van der Waals surface area contributed by atoms with Crippen LogP contribution in [0.5, 0.6) is 0 Å². The van der Waals surface area contributed by atoms with Crippen LogP contribution in [0, 0.1) is 0 Å². The summed E-state index contributed by atoms with van der Waals surface area (Å²) in [5.74, 6) is 0. The fourth-order valence-corrected chi connectivity index (χ4v) is 8.92. The molecule has 1 amide bonds. The first kappa shape index (κ1) is 38.7. The number of hydrogen-bond acceptors (Lipinski definition) is 15. The molecule has 2 heterocycles. The summed E-state index contributed by atoms with van der Waals surface area (Å²) >= 11 is 0. The molecule has 49 heavy (non-hydrogen) atoms. The van der Waals surface area contributed by atoms with Crippen molar-refractivity contribution in [1.29, 1.82) is 0 Å². The fourth-order valence-electron chi connectivity index (χ4n) is 3.99. The summed E-state index contributed by atoms with van der Waals surface area (Å²) in [6, 6.07) is 16.3. The van der Waals surface area contributed by atoms with E-state index in [9.17, 15) is 57.3 Å². The van der Waals surface area contributed by atoms with Gasteiger partial charge in [-0.3, -0.25) is 28.7 Å². The third kappa shape index (κ3) is 11.7. The number of para-hydroxylation sites is 1. The van der Waals surface area contributed by atoms with Gasteiger partial charge >= 0.3 is 43.1 Å². The van der Waals surface area contributed by atoms with Crippen LogP contribution >= 0.6 is 31.3 Å². The molecule has 26 heteroatoms. The summed E-state index contributed by atoms with van der Waals surface area (Å²) in [7, 11) is -23.4. The lowest BCUT2D eigenvalue weighted by molar-refractivity contribution is -0.0551. The Balaban J connectivity index is 1.40. The third-order valence-electron chi connectivity index (χ3n) is 5.96. The van der Waals surface area contributed by atoms with Crippen LogP contribution < -0.4 is 16.6 Å². The molecule has 1 aliphatic heterocycles. The maximum absolute atomic E-state index is 12.6. The Kier molecular flexibility index (Phi) is 12.5. The summed E-state index contributed by atoms with van der Waals surface area (Å²) in [5, 5.41) is 13.2. The summed E-state index contributed by atoms with van der Waals surface area (Å²) in [4.78, 5) is 77.7. The fraction of sp³-hybridized carbons (Fsp3) is 0.261. The van der Waals surface area contributed by atoms with Crippen LogP contribution in [-0.4, -0.2) is 65.2 Å². The standard InChI is InChI=1S/C23H27N3O19P4/c27-18-11-12-26(22(29)25-18)21-20(42-23(30)24-16-9-5-2-6-10-16)19(28)17(41-21)14-40-47(33,34)44-49(37,38)45-48(35,36)43-46(31,32)39-13-15-7-3-1-4-8-15/h1-12,17,19-21,28H,13-14H2,(H,24,30)(H,31,32)(H,33,34)(H,35,36)(H,37,38)(H,25,27,29)/t17-,19+,20?,21-/m1/s1. The van der Waals surface area contributed by atoms with Gasteiger partial charge in [0.25, 0.3) is 5.56 Å². The van der Waals surface area contributed by atoms with Gasteiger partial charge in [-0.25, -0.2) is 27.8 Å². The number of aromatic nitrogens is 2. The monoisotopic (exact) mass is 773 g/mol. The maximum atomic E-state index is 12.6. The second-order valence-electron chi connectivity index (χ2n) is 9.61. The Bertz CT molecular complexity index is 1930. The smallest absolute Gasteiger partial charge is 0.438 e. The van der Waals surface area contributed by atoms with Crippen molar-refractivity contribution in [3.05, 3.63) is 99.3 Å². The lowest BCUT2D eigenvalue weighted by Crippen LogP contribution is -2.41. The number of carbonyl (C=O) groups is 1. The Morgan fingerprint density at radius 2 is 1.37 bits per heavy atom. The Labute approximate surface area is 274 Å². The van der Waals surface area contributed by atoms with Gasteiger partial charge in [0.05, 0.1) is 13.2 Å². The summed E-state index contributed by atoms with van der Waals surface area (Å²) in [5.41, 5.74) is -1.30. The highest BCUT2D eigenvalue weighted by Gasteiger charge is 2.50. The lowest BCUT2D eigenvalue weighted by Gasteiger charge is -2.22. The zero-order valence-electron chi connectivity index (χ0n) is 24.3. The van der Waals surface area contributed by atoms with Crippen molar-refractivity contribution in [2.75, 3.05) is 11.9 Å². The second-order valence-corrected chi connectivity index (χ2v) is 15.8. The van der Waals surface area contributed by atoms with Crippen LogP contribution in [0.2, 0.25) is 0 Å². The summed E-state index contributed by atoms with van der Waals surface area (Å²) in [6.07, 6.45) is -7.34. The first-order valence-corrected chi connectivity index (χ1v) is 19.3. The van der Waals surface area contributed by atoms with E-state index in [-0.39, 0.29) is 5.69 Å². The number of aliphatic hydroxyl groups excluding tert-OH is 1. The first-order valence-electron chi connectivity index (χ1n) is 13.3. The number of nitrogens with one attached hydrogen (secondary N) is 2. The van der Waals surface area contributed by atoms with Gasteiger partial charge < -0.3 is 34.2 Å². The number of phosphoric acid groups is 4. The molecule has 1 saturated heterocycles. The second kappa shape index (κ2) is 15.8. The molecule has 0 bridgehead atoms. The van der Waals surface area contributed by atoms with E-state index in [4.69, 9.17) is 9.47 Å². The number of anilines is 1. The molecule has 1 aliphatic rings. The van der Waals surface area contributed by atoms with E-state index in [1.165, 1.54) is 24.3 Å². The highest BCUT2D eigenvalue weighted by Crippen LogP contribution is 2.71. The molecule has 8 atom stereocenters. The molecule has 0 saturated carbocycles. The average molecular weight is 773 g/mol. The van der Waals surface area contributed by atoms with E-state index in [1.807, 2.05) is 4.98 Å². The van der Waals surface area contributed by atoms with Crippen molar-refractivity contribution in [3.8, 4) is 0 Å². The molecule has 1 aromatic heterocycles. The molecule has 2 aromatic carbocycles. The SMILES string of the molecule is O=C(Nc1ccccc1)OC1[C@@H](O)[C@@H](COP(=O)(O)OP(=O)(O)OP(=O)(O)OP(=O)(O)OCc2ccccc2)O[C@H]1n1ccc(=O)[nH]c1=O. The largest absolute Gasteiger partial charge is 0.490 e. The molecule has 22 nitrogen and oxygen atoms in total. The normalized spacial score (nSPS) is 24.1. The molecule has 0 spiro atoms. The number of carbonyl (C=O) groups excluding carboxylic acids is 1. The first-order chi connectivity index (χ1) is 22.8. The van der Waals surface area contributed by atoms with Gasteiger partial charge in [0.1, 0.15) is 12.2 Å². The minimum absolute atomic E-state index is 0.270. The molecule has 4 rings (SSSR count). The number of amides is 1. The van der Waals surface area contributed by atoms with E-state index in [2.05, 4.69) is 27.3 Å². The molecular weight excluding hydrogens is 746 g/mol. The van der Waals surface area contributed by atoms with Crippen LogP contribution in [0.4, 0.5) is 10.5 Å². The van der Waals surface area contributed by atoms with Gasteiger partial charge in [0.15, 0.2) is 12.3 Å². The van der Waals surface area contributed by atoms with Gasteiger partial charge in [0.2, 0.25) is 0 Å². The van der Waals surface area contributed by atoms with Gasteiger partial charge in [-0.2, -0.15) is 12.9 Å². The zero-order valence-corrected chi connectivity index (χ0v) is 27.9. The minimum Gasteiger partial charge on any atom is -0.438 e. The highest BCUT2D eigenvalue weighted by molar-refractivity contribution is 7.69. The van der Waals surface area contributed by atoms with E-state index < -0.39 is 86.4 Å². The van der Waals surface area contributed by atoms with Crippen LogP contribution in [0.3, 0.4) is 0 Å². The summed E-state index contributed by atoms with van der Waals surface area (Å²) < 4.78 is 81.0. The van der Waals surface area contributed by atoms with Gasteiger partial charge in [0, 0.05) is 18.0 Å². The van der Waals surface area contributed by atoms with Crippen molar-refractivity contribution in [2.45, 2.75) is 31.1 Å². The number of aliphatic hydroxyl groups is 1. The molecule has 0 radical (unpaired) electrons. The van der Waals surface area contributed by atoms with Gasteiger partial charge in [-0.1, -0.05) is 48.5 Å². The third-order valence-corrected chi connectivity index (χ3v) is 11.8. The molecule has 268 valence electrons. The number of benzene rings is 2. The van der Waals surface area contributed by atoms with Crippen molar-refractivity contribution >= 4 is 43.1 Å². The number of rotatable bonds is 15. The number of H-pyrrole nitrogens is 1. The van der Waals surface area contributed by atoms with Gasteiger partial charge in [-0.05, 0) is 17.7 Å². The molecule has 1 fully saturated rings. The predicted molar refractivity (Wildman–Crippen MR) is 161 cm³/mol. The molecule has 7 N–H and O–H groups in total. The molecule has 3 aromatic rings. The molecular formula is C23H27N3O19P4.